The number of carbonyl (C=O) groups excluding carboxylic acids is 2. The van der Waals surface area contributed by atoms with E-state index in [4.69, 9.17) is 4.74 Å². The summed E-state index contributed by atoms with van der Waals surface area (Å²) < 4.78 is 5.51. The second kappa shape index (κ2) is 6.45. The summed E-state index contributed by atoms with van der Waals surface area (Å²) in [6.07, 6.45) is 0.871. The van der Waals surface area contributed by atoms with Crippen LogP contribution in [0.5, 0.6) is 5.75 Å². The largest absolute Gasteiger partial charge is 0.494 e. The van der Waals surface area contributed by atoms with Gasteiger partial charge in [0.05, 0.1) is 25.0 Å². The summed E-state index contributed by atoms with van der Waals surface area (Å²) in [7, 11) is 0. The number of hydrogen-bond donors (Lipinski definition) is 4. The Morgan fingerprint density at radius 3 is 2.48 bits per heavy atom. The Bertz CT molecular complexity index is 704. The average molecular weight is 348 g/mol. The molecule has 134 valence electrons. The zero-order valence-corrected chi connectivity index (χ0v) is 13.7. The van der Waals surface area contributed by atoms with Crippen LogP contribution in [0.15, 0.2) is 24.3 Å². The van der Waals surface area contributed by atoms with Crippen molar-refractivity contribution in [2.24, 2.45) is 11.8 Å². The van der Waals surface area contributed by atoms with E-state index in [2.05, 4.69) is 10.6 Å². The predicted molar refractivity (Wildman–Crippen MR) is 85.7 cm³/mol. The molecule has 2 fully saturated rings. The number of fused-ring (bicyclic) bond motifs is 1. The summed E-state index contributed by atoms with van der Waals surface area (Å²) in [4.78, 5) is 36.1. The minimum atomic E-state index is -1.89. The van der Waals surface area contributed by atoms with Crippen LogP contribution in [0.3, 0.4) is 0 Å². The molecule has 1 aromatic carbocycles. The zero-order valence-electron chi connectivity index (χ0n) is 13.7. The molecular formula is C17H20N2O6. The van der Waals surface area contributed by atoms with Crippen LogP contribution in [0.4, 0.5) is 0 Å². The van der Waals surface area contributed by atoms with Crippen LogP contribution in [0.1, 0.15) is 24.9 Å². The van der Waals surface area contributed by atoms with Crippen molar-refractivity contribution in [3.05, 3.63) is 29.8 Å². The molecule has 8 nitrogen and oxygen atoms in total. The molecule has 0 spiro atoms. The monoisotopic (exact) mass is 348 g/mol. The molecule has 3 rings (SSSR count). The summed E-state index contributed by atoms with van der Waals surface area (Å²) in [5.41, 5.74) is -1.23. The molecule has 0 bridgehead atoms. The molecule has 2 aliphatic heterocycles. The minimum absolute atomic E-state index is 0.532. The van der Waals surface area contributed by atoms with E-state index in [0.717, 1.165) is 6.42 Å². The van der Waals surface area contributed by atoms with Gasteiger partial charge in [-0.25, -0.2) is 0 Å². The van der Waals surface area contributed by atoms with Crippen molar-refractivity contribution in [1.82, 2.24) is 10.6 Å². The molecule has 0 aliphatic carbocycles. The van der Waals surface area contributed by atoms with E-state index in [9.17, 15) is 24.6 Å². The Morgan fingerprint density at radius 2 is 1.92 bits per heavy atom. The van der Waals surface area contributed by atoms with Gasteiger partial charge in [-0.1, -0.05) is 19.1 Å². The quantitative estimate of drug-likeness (QED) is 0.526. The normalized spacial score (nSPS) is 30.9. The Morgan fingerprint density at radius 1 is 1.24 bits per heavy atom. The average Bonchev–Trinajstić information content (AvgIpc) is 3.11. The fourth-order valence-electron chi connectivity index (χ4n) is 3.62. The van der Waals surface area contributed by atoms with E-state index in [-0.39, 0.29) is 0 Å². The molecule has 0 radical (unpaired) electrons. The molecule has 1 aromatic rings. The summed E-state index contributed by atoms with van der Waals surface area (Å²) in [5.74, 6) is -3.96. The van der Waals surface area contributed by atoms with E-state index in [1.165, 1.54) is 0 Å². The van der Waals surface area contributed by atoms with Crippen molar-refractivity contribution < 1.29 is 29.3 Å². The number of benzene rings is 1. The maximum absolute atomic E-state index is 12.2. The number of ether oxygens (including phenoxy) is 1. The SMILES string of the molecule is CCCOc1ccc(C2NC(CO)(C(=O)O)C3C(=O)NC(=O)C23)cc1. The van der Waals surface area contributed by atoms with Gasteiger partial charge in [0.1, 0.15) is 5.75 Å². The van der Waals surface area contributed by atoms with E-state index in [1.54, 1.807) is 24.3 Å². The number of imide groups is 1. The maximum Gasteiger partial charge on any atom is 0.327 e. The van der Waals surface area contributed by atoms with Crippen molar-refractivity contribution in [2.75, 3.05) is 13.2 Å². The fourth-order valence-corrected chi connectivity index (χ4v) is 3.62. The molecule has 2 amide bonds. The number of aliphatic carboxylic acids is 1. The van der Waals surface area contributed by atoms with E-state index in [0.29, 0.717) is 17.9 Å². The number of carboxylic acid groups (broad SMARTS) is 1. The Hall–Kier alpha value is -2.45. The molecule has 4 atom stereocenters. The second-order valence-corrected chi connectivity index (χ2v) is 6.33. The van der Waals surface area contributed by atoms with Gasteiger partial charge < -0.3 is 14.9 Å². The Kier molecular flexibility index (Phi) is 4.49. The summed E-state index contributed by atoms with van der Waals surface area (Å²) >= 11 is 0. The lowest BCUT2D eigenvalue weighted by atomic mass is 9.80. The van der Waals surface area contributed by atoms with Gasteiger partial charge in [-0.15, -0.1) is 0 Å². The number of carboxylic acids is 1. The number of aliphatic hydroxyl groups is 1. The zero-order chi connectivity index (χ0) is 18.2. The van der Waals surface area contributed by atoms with Crippen LogP contribution in [0.25, 0.3) is 0 Å². The number of rotatable bonds is 6. The highest BCUT2D eigenvalue weighted by Gasteiger charge is 2.66. The Labute approximate surface area is 144 Å². The van der Waals surface area contributed by atoms with Gasteiger partial charge in [-0.2, -0.15) is 0 Å². The topological polar surface area (TPSA) is 125 Å². The molecule has 2 aliphatic rings. The summed E-state index contributed by atoms with van der Waals surface area (Å²) in [6.45, 7) is 1.78. The first kappa shape index (κ1) is 17.4. The first-order chi connectivity index (χ1) is 11.9. The lowest BCUT2D eigenvalue weighted by Crippen LogP contribution is -2.58. The standard InChI is InChI=1S/C17H20N2O6/c1-2-7-25-10-5-3-9(4-6-10)13-11-12(15(22)18-14(11)21)17(8-20,19-13)16(23)24/h3-6,11-13,19-20H,2,7-8H2,1H3,(H,23,24)(H,18,21,22). The fraction of sp³-hybridized carbons (Fsp3) is 0.471. The highest BCUT2D eigenvalue weighted by molar-refractivity contribution is 6.09. The third kappa shape index (κ3) is 2.67. The molecule has 0 aromatic heterocycles. The van der Waals surface area contributed by atoms with Crippen molar-refractivity contribution in [2.45, 2.75) is 24.9 Å². The van der Waals surface area contributed by atoms with Crippen LogP contribution in [0.2, 0.25) is 0 Å². The minimum Gasteiger partial charge on any atom is -0.494 e. The van der Waals surface area contributed by atoms with E-state index in [1.807, 2.05) is 6.92 Å². The number of amides is 2. The van der Waals surface area contributed by atoms with Gasteiger partial charge >= 0.3 is 5.97 Å². The molecule has 2 heterocycles. The Balaban J connectivity index is 1.95. The van der Waals surface area contributed by atoms with Crippen molar-refractivity contribution in [1.29, 1.82) is 0 Å². The van der Waals surface area contributed by atoms with Crippen LogP contribution in [0, 0.1) is 11.8 Å². The molecule has 2 saturated heterocycles. The number of carbonyl (C=O) groups is 3. The van der Waals surface area contributed by atoms with E-state index < -0.39 is 47.8 Å². The lowest BCUT2D eigenvalue weighted by molar-refractivity contribution is -0.151. The van der Waals surface area contributed by atoms with Gasteiger partial charge in [-0.3, -0.25) is 25.0 Å². The maximum atomic E-state index is 12.2. The molecular weight excluding hydrogens is 328 g/mol. The second-order valence-electron chi connectivity index (χ2n) is 6.33. The molecule has 4 unspecified atom stereocenters. The highest BCUT2D eigenvalue weighted by Crippen LogP contribution is 2.46. The van der Waals surface area contributed by atoms with Gasteiger partial charge in [0.2, 0.25) is 11.8 Å². The van der Waals surface area contributed by atoms with Gasteiger partial charge in [0, 0.05) is 6.04 Å². The van der Waals surface area contributed by atoms with Crippen LogP contribution in [-0.4, -0.2) is 46.7 Å². The van der Waals surface area contributed by atoms with Crippen molar-refractivity contribution in [3.63, 3.8) is 0 Å². The third-order valence-electron chi connectivity index (χ3n) is 4.84. The van der Waals surface area contributed by atoms with Crippen LogP contribution >= 0.6 is 0 Å². The summed E-state index contributed by atoms with van der Waals surface area (Å²) in [5, 5.41) is 24.3. The summed E-state index contributed by atoms with van der Waals surface area (Å²) in [6, 6.07) is 6.22. The smallest absolute Gasteiger partial charge is 0.327 e. The number of nitrogens with one attached hydrogen (secondary N) is 2. The molecule has 25 heavy (non-hydrogen) atoms. The van der Waals surface area contributed by atoms with Crippen molar-refractivity contribution >= 4 is 17.8 Å². The van der Waals surface area contributed by atoms with E-state index >= 15 is 0 Å². The number of hydrogen-bond acceptors (Lipinski definition) is 6. The third-order valence-corrected chi connectivity index (χ3v) is 4.84. The number of aliphatic hydroxyl groups excluding tert-OH is 1. The van der Waals surface area contributed by atoms with Crippen LogP contribution in [-0.2, 0) is 14.4 Å². The van der Waals surface area contributed by atoms with Gasteiger partial charge in [-0.05, 0) is 24.1 Å². The lowest BCUT2D eigenvalue weighted by Gasteiger charge is -2.27. The first-order valence-electron chi connectivity index (χ1n) is 8.14. The first-order valence-corrected chi connectivity index (χ1v) is 8.14. The molecule has 4 N–H and O–H groups in total. The van der Waals surface area contributed by atoms with Crippen molar-refractivity contribution in [3.8, 4) is 5.75 Å². The predicted octanol–water partition coefficient (Wildman–Crippen LogP) is -0.176. The highest BCUT2D eigenvalue weighted by atomic mass is 16.5. The van der Waals surface area contributed by atoms with Gasteiger partial charge in [0.15, 0.2) is 5.54 Å². The van der Waals surface area contributed by atoms with Crippen LogP contribution < -0.4 is 15.4 Å². The molecule has 8 heteroatoms. The molecule has 0 saturated carbocycles. The van der Waals surface area contributed by atoms with Gasteiger partial charge in [0.25, 0.3) is 0 Å².